The second-order valence-electron chi connectivity index (χ2n) is 4.56. The summed E-state index contributed by atoms with van der Waals surface area (Å²) in [5.74, 6) is 0. The summed E-state index contributed by atoms with van der Waals surface area (Å²) in [4.78, 5) is 12.0. The Balaban J connectivity index is 0.00000180. The summed E-state index contributed by atoms with van der Waals surface area (Å²) in [7, 11) is 0. The maximum Gasteiger partial charge on any atom is 0.407 e. The summed E-state index contributed by atoms with van der Waals surface area (Å²) in [5.41, 5.74) is 1.16. The molecule has 0 radical (unpaired) electrons. The van der Waals surface area contributed by atoms with Crippen LogP contribution in [-0.2, 0) is 6.54 Å². The molecule has 1 heterocycles. The van der Waals surface area contributed by atoms with Gasteiger partial charge < -0.3 is 20.4 Å². The molecule has 19 heavy (non-hydrogen) atoms. The first kappa shape index (κ1) is 15.8. The van der Waals surface area contributed by atoms with Crippen LogP contribution in [-0.4, -0.2) is 46.4 Å². The van der Waals surface area contributed by atoms with Crippen molar-refractivity contribution in [2.24, 2.45) is 0 Å². The molecular weight excluding hydrogens is 268 g/mol. The van der Waals surface area contributed by atoms with Crippen molar-refractivity contribution in [3.05, 3.63) is 35.9 Å². The van der Waals surface area contributed by atoms with E-state index in [4.69, 9.17) is 5.11 Å². The molecule has 1 saturated heterocycles. The lowest BCUT2D eigenvalue weighted by molar-refractivity contribution is 0.0407. The second kappa shape index (κ2) is 7.33. The fraction of sp³-hybridized carbons (Fsp3) is 0.462. The Hall–Kier alpha value is -1.30. The molecule has 1 aliphatic heterocycles. The standard InChI is InChI=1S/C13H18N2O3.ClH/c16-12-9-15(13(17)18)7-6-11(12)14-8-10-4-2-1-3-5-10;/h1-5,11-12,14,16H,6-9H2,(H,17,18);1H/t11-,12-;/m1./s1. The minimum absolute atomic E-state index is 0. The molecule has 3 N–H and O–H groups in total. The minimum atomic E-state index is -0.962. The van der Waals surface area contributed by atoms with E-state index in [-0.39, 0.29) is 25.0 Å². The number of likely N-dealkylation sites (tertiary alicyclic amines) is 1. The number of aliphatic hydroxyl groups is 1. The van der Waals surface area contributed by atoms with Crippen LogP contribution >= 0.6 is 12.4 Å². The number of halogens is 1. The van der Waals surface area contributed by atoms with E-state index in [0.717, 1.165) is 5.56 Å². The number of hydrogen-bond acceptors (Lipinski definition) is 3. The van der Waals surface area contributed by atoms with Crippen molar-refractivity contribution in [2.45, 2.75) is 25.1 Å². The van der Waals surface area contributed by atoms with E-state index in [1.807, 2.05) is 30.3 Å². The zero-order valence-electron chi connectivity index (χ0n) is 10.5. The first-order chi connectivity index (χ1) is 8.66. The molecule has 5 nitrogen and oxygen atoms in total. The average molecular weight is 287 g/mol. The van der Waals surface area contributed by atoms with Crippen LogP contribution in [0, 0.1) is 0 Å². The summed E-state index contributed by atoms with van der Waals surface area (Å²) < 4.78 is 0. The third-order valence-electron chi connectivity index (χ3n) is 3.26. The van der Waals surface area contributed by atoms with Gasteiger partial charge in [-0.3, -0.25) is 0 Å². The predicted octanol–water partition coefficient (Wildman–Crippen LogP) is 1.31. The average Bonchev–Trinajstić information content (AvgIpc) is 2.38. The van der Waals surface area contributed by atoms with Crippen LogP contribution in [0.1, 0.15) is 12.0 Å². The van der Waals surface area contributed by atoms with Crippen LogP contribution < -0.4 is 5.32 Å². The quantitative estimate of drug-likeness (QED) is 0.783. The summed E-state index contributed by atoms with van der Waals surface area (Å²) >= 11 is 0. The van der Waals surface area contributed by atoms with E-state index in [9.17, 15) is 9.90 Å². The van der Waals surface area contributed by atoms with Crippen molar-refractivity contribution in [3.63, 3.8) is 0 Å². The topological polar surface area (TPSA) is 72.8 Å². The lowest BCUT2D eigenvalue weighted by atomic mass is 10.0. The third kappa shape index (κ3) is 4.38. The lowest BCUT2D eigenvalue weighted by Gasteiger charge is -2.34. The van der Waals surface area contributed by atoms with E-state index in [0.29, 0.717) is 19.5 Å². The van der Waals surface area contributed by atoms with Crippen molar-refractivity contribution in [2.75, 3.05) is 13.1 Å². The second-order valence-corrected chi connectivity index (χ2v) is 4.56. The molecule has 6 heteroatoms. The van der Waals surface area contributed by atoms with Crippen LogP contribution in [0.25, 0.3) is 0 Å². The molecule has 1 aliphatic rings. The van der Waals surface area contributed by atoms with Gasteiger partial charge in [0.1, 0.15) is 0 Å². The summed E-state index contributed by atoms with van der Waals surface area (Å²) in [6.07, 6.45) is -0.963. The van der Waals surface area contributed by atoms with Crippen molar-refractivity contribution >= 4 is 18.5 Å². The van der Waals surface area contributed by atoms with Gasteiger partial charge in [0.15, 0.2) is 0 Å². The Bertz CT molecular complexity index is 402. The highest BCUT2D eigenvalue weighted by Gasteiger charge is 2.29. The highest BCUT2D eigenvalue weighted by molar-refractivity contribution is 5.85. The normalized spacial score (nSPS) is 22.7. The third-order valence-corrected chi connectivity index (χ3v) is 3.26. The van der Waals surface area contributed by atoms with Crippen molar-refractivity contribution in [1.29, 1.82) is 0 Å². The van der Waals surface area contributed by atoms with Crippen LogP contribution in [0.4, 0.5) is 4.79 Å². The van der Waals surface area contributed by atoms with E-state index >= 15 is 0 Å². The van der Waals surface area contributed by atoms with Crippen molar-refractivity contribution in [3.8, 4) is 0 Å². The Kier molecular flexibility index (Phi) is 6.08. The number of piperidine rings is 1. The largest absolute Gasteiger partial charge is 0.465 e. The van der Waals surface area contributed by atoms with Gasteiger partial charge in [0.25, 0.3) is 0 Å². The van der Waals surface area contributed by atoms with Crippen LogP contribution in [0.2, 0.25) is 0 Å². The monoisotopic (exact) mass is 286 g/mol. The van der Waals surface area contributed by atoms with Crippen LogP contribution in [0.5, 0.6) is 0 Å². The molecule has 1 fully saturated rings. The lowest BCUT2D eigenvalue weighted by Crippen LogP contribution is -2.53. The van der Waals surface area contributed by atoms with Gasteiger partial charge in [-0.25, -0.2) is 4.79 Å². The SMILES string of the molecule is Cl.O=C(O)N1CC[C@@H](NCc2ccccc2)[C@H](O)C1. The molecular formula is C13H19ClN2O3. The molecule has 2 atom stereocenters. The molecule has 0 bridgehead atoms. The Morgan fingerprint density at radius 2 is 2.05 bits per heavy atom. The number of aliphatic hydroxyl groups excluding tert-OH is 1. The molecule has 106 valence electrons. The molecule has 0 aromatic heterocycles. The number of amides is 1. The first-order valence-corrected chi connectivity index (χ1v) is 6.10. The Morgan fingerprint density at radius 3 is 2.63 bits per heavy atom. The van der Waals surface area contributed by atoms with Gasteiger partial charge in [-0.15, -0.1) is 12.4 Å². The number of carbonyl (C=O) groups is 1. The molecule has 1 aromatic rings. The minimum Gasteiger partial charge on any atom is -0.465 e. The molecule has 2 rings (SSSR count). The Labute approximate surface area is 118 Å². The molecule has 0 aliphatic carbocycles. The summed E-state index contributed by atoms with van der Waals surface area (Å²) in [6, 6.07) is 9.91. The molecule has 0 unspecified atom stereocenters. The number of β-amino-alcohol motifs (C(OH)–C–C–N with tert-alkyl or cyclic N) is 1. The number of rotatable bonds is 3. The molecule has 1 amide bonds. The van der Waals surface area contributed by atoms with Gasteiger partial charge in [-0.2, -0.15) is 0 Å². The number of benzene rings is 1. The number of carboxylic acid groups (broad SMARTS) is 1. The number of nitrogens with one attached hydrogen (secondary N) is 1. The van der Waals surface area contributed by atoms with Gasteiger partial charge in [0.2, 0.25) is 0 Å². The smallest absolute Gasteiger partial charge is 0.407 e. The maximum absolute atomic E-state index is 10.8. The zero-order chi connectivity index (χ0) is 13.0. The van der Waals surface area contributed by atoms with Crippen molar-refractivity contribution < 1.29 is 15.0 Å². The van der Waals surface area contributed by atoms with Gasteiger partial charge in [0, 0.05) is 19.1 Å². The van der Waals surface area contributed by atoms with E-state index in [2.05, 4.69) is 5.32 Å². The van der Waals surface area contributed by atoms with Crippen LogP contribution in [0.15, 0.2) is 30.3 Å². The van der Waals surface area contributed by atoms with Gasteiger partial charge in [-0.1, -0.05) is 30.3 Å². The summed E-state index contributed by atoms with van der Waals surface area (Å²) in [6.45, 7) is 1.34. The number of hydrogen-bond donors (Lipinski definition) is 3. The summed E-state index contributed by atoms with van der Waals surface area (Å²) in [5, 5.41) is 22.0. The van der Waals surface area contributed by atoms with E-state index < -0.39 is 12.2 Å². The van der Waals surface area contributed by atoms with Crippen LogP contribution in [0.3, 0.4) is 0 Å². The van der Waals surface area contributed by atoms with Gasteiger partial charge in [0.05, 0.1) is 12.6 Å². The first-order valence-electron chi connectivity index (χ1n) is 6.10. The molecule has 1 aromatic carbocycles. The van der Waals surface area contributed by atoms with Gasteiger partial charge in [-0.05, 0) is 12.0 Å². The fourth-order valence-electron chi connectivity index (χ4n) is 2.19. The highest BCUT2D eigenvalue weighted by Crippen LogP contribution is 2.12. The fourth-order valence-corrected chi connectivity index (χ4v) is 2.19. The maximum atomic E-state index is 10.8. The predicted molar refractivity (Wildman–Crippen MR) is 74.5 cm³/mol. The molecule has 0 saturated carbocycles. The Morgan fingerprint density at radius 1 is 1.37 bits per heavy atom. The van der Waals surface area contributed by atoms with Gasteiger partial charge >= 0.3 is 6.09 Å². The molecule has 0 spiro atoms. The van der Waals surface area contributed by atoms with E-state index in [1.54, 1.807) is 0 Å². The highest BCUT2D eigenvalue weighted by atomic mass is 35.5. The number of nitrogens with zero attached hydrogens (tertiary/aromatic N) is 1. The zero-order valence-corrected chi connectivity index (χ0v) is 11.3. The van der Waals surface area contributed by atoms with Crippen molar-refractivity contribution in [1.82, 2.24) is 10.2 Å². The van der Waals surface area contributed by atoms with E-state index in [1.165, 1.54) is 4.90 Å².